The summed E-state index contributed by atoms with van der Waals surface area (Å²) in [4.78, 5) is 0. The number of ether oxygens (including phenoxy) is 2. The summed E-state index contributed by atoms with van der Waals surface area (Å²) in [5.74, 6) is -0.321. The van der Waals surface area contributed by atoms with Gasteiger partial charge in [0.25, 0.3) is 0 Å². The number of rotatable bonds is 10. The van der Waals surface area contributed by atoms with Gasteiger partial charge in [-0.1, -0.05) is 37.1 Å². The number of hydrogen-bond donors (Lipinski definition) is 3. The van der Waals surface area contributed by atoms with Crippen molar-refractivity contribution < 1.29 is 24.1 Å². The van der Waals surface area contributed by atoms with E-state index in [0.717, 1.165) is 44.1 Å². The topological polar surface area (TPSA) is 71.0 Å². The van der Waals surface area contributed by atoms with Crippen molar-refractivity contribution in [3.8, 4) is 0 Å². The molecule has 0 aromatic carbocycles. The summed E-state index contributed by atoms with van der Waals surface area (Å²) < 4.78 is 26.6. The third kappa shape index (κ3) is 7.89. The number of alkyl halides is 3. The summed E-state index contributed by atoms with van der Waals surface area (Å²) in [7, 11) is 0. The predicted molar refractivity (Wildman–Crippen MR) is 130 cm³/mol. The third-order valence-corrected chi connectivity index (χ3v) is 8.06. The van der Waals surface area contributed by atoms with E-state index in [-0.39, 0.29) is 17.3 Å². The van der Waals surface area contributed by atoms with Crippen molar-refractivity contribution in [2.45, 2.75) is 100 Å². The summed E-state index contributed by atoms with van der Waals surface area (Å²) >= 11 is 12.7. The van der Waals surface area contributed by atoms with Crippen LogP contribution in [0.3, 0.4) is 0 Å². The molecule has 0 spiro atoms. The molecule has 0 heterocycles. The van der Waals surface area contributed by atoms with Crippen molar-refractivity contribution in [1.82, 2.24) is 5.32 Å². The number of nitrogens with one attached hydrogen (secondary N) is 1. The van der Waals surface area contributed by atoms with Crippen molar-refractivity contribution in [3.05, 3.63) is 23.8 Å². The Balaban J connectivity index is 1.52. The van der Waals surface area contributed by atoms with Gasteiger partial charge in [-0.3, -0.25) is 5.32 Å². The van der Waals surface area contributed by atoms with Crippen LogP contribution in [-0.4, -0.2) is 65.0 Å². The molecule has 0 aromatic rings. The Kier molecular flexibility index (Phi) is 10.9. The van der Waals surface area contributed by atoms with Crippen LogP contribution in [0, 0.1) is 17.8 Å². The number of allylic oxidation sites excluding steroid dienone is 1. The summed E-state index contributed by atoms with van der Waals surface area (Å²) in [6, 6.07) is -0.00257. The molecule has 3 N–H and O–H groups in total. The number of halogens is 3. The molecule has 0 saturated heterocycles. The highest BCUT2D eigenvalue weighted by Gasteiger charge is 2.42. The zero-order chi connectivity index (χ0) is 24.0. The first kappa shape index (κ1) is 27.4. The van der Waals surface area contributed by atoms with E-state index in [4.69, 9.17) is 32.7 Å². The van der Waals surface area contributed by atoms with Crippen LogP contribution < -0.4 is 5.32 Å². The van der Waals surface area contributed by atoms with Gasteiger partial charge in [0.05, 0.1) is 17.9 Å². The van der Waals surface area contributed by atoms with Crippen LogP contribution in [0.15, 0.2) is 23.8 Å². The van der Waals surface area contributed by atoms with Gasteiger partial charge in [-0.2, -0.15) is 0 Å². The molecule has 0 bridgehead atoms. The fourth-order valence-corrected chi connectivity index (χ4v) is 6.12. The summed E-state index contributed by atoms with van der Waals surface area (Å²) in [6.45, 7) is 4.86. The lowest BCUT2D eigenvalue weighted by molar-refractivity contribution is -0.0934. The van der Waals surface area contributed by atoms with E-state index in [9.17, 15) is 10.2 Å². The van der Waals surface area contributed by atoms with Crippen LogP contribution in [0.1, 0.15) is 58.8 Å². The molecule has 1 saturated carbocycles. The molecule has 0 aliphatic heterocycles. The van der Waals surface area contributed by atoms with Gasteiger partial charge in [0.2, 0.25) is 0 Å². The number of hydrogen-bond acceptors (Lipinski definition) is 5. The average molecular weight is 509 g/mol. The second kappa shape index (κ2) is 13.2. The normalized spacial score (nSPS) is 39.2. The Hall–Kier alpha value is -0.210. The molecule has 5 nitrogen and oxygen atoms in total. The predicted octanol–water partition coefficient (Wildman–Crippen LogP) is 4.68. The SMILES string of the molecule is CCOC(O)CC1=CC(C)C(NC(O)C2C(Cl)C=CC(OCC3CCCC(Cl)C3)C2F)CC1. The zero-order valence-electron chi connectivity index (χ0n) is 19.7. The summed E-state index contributed by atoms with van der Waals surface area (Å²) in [5, 5.41) is 23.6. The standard InChI is InChI=1S/C25H40Cl2FNO4/c1-3-32-22(30)13-16-7-9-20(15(2)11-16)29-25(31)23-19(27)8-10-21(24(23)28)33-14-17-5-4-6-18(26)12-17/h8,10-11,15,17-25,29-31H,3-7,9,12-14H2,1-2H3. The molecule has 10 atom stereocenters. The van der Waals surface area contributed by atoms with E-state index in [0.29, 0.717) is 25.6 Å². The largest absolute Gasteiger partial charge is 0.378 e. The van der Waals surface area contributed by atoms with Crippen LogP contribution in [0.5, 0.6) is 0 Å². The minimum absolute atomic E-state index is 0.00257. The van der Waals surface area contributed by atoms with Gasteiger partial charge in [-0.05, 0) is 50.9 Å². The van der Waals surface area contributed by atoms with E-state index >= 15 is 4.39 Å². The zero-order valence-corrected chi connectivity index (χ0v) is 21.2. The second-order valence-electron chi connectivity index (χ2n) is 9.83. The smallest absolute Gasteiger partial charge is 0.158 e. The van der Waals surface area contributed by atoms with E-state index in [1.165, 1.54) is 0 Å². The molecule has 0 radical (unpaired) electrons. The quantitative estimate of drug-likeness (QED) is 0.227. The Labute approximate surface area is 207 Å². The van der Waals surface area contributed by atoms with Crippen molar-refractivity contribution in [2.24, 2.45) is 17.8 Å². The lowest BCUT2D eigenvalue weighted by Gasteiger charge is -2.39. The van der Waals surface area contributed by atoms with Crippen LogP contribution in [-0.2, 0) is 9.47 Å². The lowest BCUT2D eigenvalue weighted by Crippen LogP contribution is -2.54. The molecule has 190 valence electrons. The Bertz CT molecular complexity index is 666. The maximum absolute atomic E-state index is 15.4. The highest BCUT2D eigenvalue weighted by atomic mass is 35.5. The number of aliphatic hydroxyl groups excluding tert-OH is 2. The van der Waals surface area contributed by atoms with E-state index < -0.39 is 36.1 Å². The van der Waals surface area contributed by atoms with Crippen molar-refractivity contribution >= 4 is 23.2 Å². The maximum Gasteiger partial charge on any atom is 0.158 e. The minimum atomic E-state index is -1.40. The van der Waals surface area contributed by atoms with Crippen molar-refractivity contribution in [1.29, 1.82) is 0 Å². The molecule has 10 unspecified atom stereocenters. The molecule has 33 heavy (non-hydrogen) atoms. The fraction of sp³-hybridized carbons (Fsp3) is 0.840. The summed E-state index contributed by atoms with van der Waals surface area (Å²) in [5.41, 5.74) is 1.14. The summed E-state index contributed by atoms with van der Waals surface area (Å²) in [6.07, 6.45) is 7.68. The van der Waals surface area contributed by atoms with Gasteiger partial charge in [0.15, 0.2) is 6.29 Å². The van der Waals surface area contributed by atoms with Gasteiger partial charge < -0.3 is 19.7 Å². The Morgan fingerprint density at radius 3 is 2.70 bits per heavy atom. The Morgan fingerprint density at radius 1 is 1.21 bits per heavy atom. The lowest BCUT2D eigenvalue weighted by atomic mass is 9.84. The molecular weight excluding hydrogens is 468 g/mol. The Morgan fingerprint density at radius 2 is 2.00 bits per heavy atom. The molecular formula is C25H40Cl2FNO4. The van der Waals surface area contributed by atoms with Crippen LogP contribution >= 0.6 is 23.2 Å². The highest BCUT2D eigenvalue weighted by Crippen LogP contribution is 2.34. The fourth-order valence-electron chi connectivity index (χ4n) is 5.35. The second-order valence-corrected chi connectivity index (χ2v) is 11.0. The number of aliphatic hydroxyl groups is 2. The van der Waals surface area contributed by atoms with Crippen LogP contribution in [0.4, 0.5) is 4.39 Å². The van der Waals surface area contributed by atoms with E-state index in [1.54, 1.807) is 12.2 Å². The molecule has 8 heteroatoms. The van der Waals surface area contributed by atoms with Gasteiger partial charge >= 0.3 is 0 Å². The van der Waals surface area contributed by atoms with Crippen molar-refractivity contribution in [2.75, 3.05) is 13.2 Å². The van der Waals surface area contributed by atoms with E-state index in [2.05, 4.69) is 18.3 Å². The molecule has 0 aromatic heterocycles. The van der Waals surface area contributed by atoms with Crippen LogP contribution in [0.2, 0.25) is 0 Å². The maximum atomic E-state index is 15.4. The van der Waals surface area contributed by atoms with Crippen LogP contribution in [0.25, 0.3) is 0 Å². The molecule has 3 aliphatic carbocycles. The highest BCUT2D eigenvalue weighted by molar-refractivity contribution is 6.22. The van der Waals surface area contributed by atoms with Crippen molar-refractivity contribution in [3.63, 3.8) is 0 Å². The minimum Gasteiger partial charge on any atom is -0.378 e. The van der Waals surface area contributed by atoms with Gasteiger partial charge in [-0.15, -0.1) is 23.2 Å². The average Bonchev–Trinajstić information content (AvgIpc) is 2.75. The van der Waals surface area contributed by atoms with E-state index in [1.807, 2.05) is 6.92 Å². The molecule has 1 fully saturated rings. The first-order valence-corrected chi connectivity index (χ1v) is 13.3. The first-order chi connectivity index (χ1) is 15.8. The third-order valence-electron chi connectivity index (χ3n) is 7.23. The monoisotopic (exact) mass is 507 g/mol. The van der Waals surface area contributed by atoms with Gasteiger partial charge in [-0.25, -0.2) is 4.39 Å². The molecule has 3 aliphatic rings. The molecule has 3 rings (SSSR count). The molecule has 0 amide bonds. The van der Waals surface area contributed by atoms with Gasteiger partial charge in [0, 0.05) is 24.4 Å². The first-order valence-electron chi connectivity index (χ1n) is 12.4. The van der Waals surface area contributed by atoms with Gasteiger partial charge in [0.1, 0.15) is 18.5 Å².